The summed E-state index contributed by atoms with van der Waals surface area (Å²) in [6.45, 7) is 6.90. The molecule has 0 N–H and O–H groups in total. The molecule has 0 amide bonds. The quantitative estimate of drug-likeness (QED) is 0.502. The Morgan fingerprint density at radius 2 is 1.50 bits per heavy atom. The number of benzene rings is 3. The molecule has 98 valence electrons. The van der Waals surface area contributed by atoms with Crippen LogP contribution in [0.15, 0.2) is 54.6 Å². The van der Waals surface area contributed by atoms with Crippen molar-refractivity contribution < 1.29 is 0 Å². The fraction of sp³-hybridized carbons (Fsp3) is 0.200. The van der Waals surface area contributed by atoms with Crippen molar-refractivity contribution in [1.82, 2.24) is 0 Å². The number of fused-ring (bicyclic) bond motifs is 2. The average molecular weight is 258 g/mol. The molecule has 0 radical (unpaired) electrons. The van der Waals surface area contributed by atoms with Gasteiger partial charge in [0.05, 0.1) is 0 Å². The zero-order valence-electron chi connectivity index (χ0n) is 12.2. The Balaban J connectivity index is 2.31. The summed E-state index contributed by atoms with van der Waals surface area (Å²) >= 11 is 0. The molecule has 0 spiro atoms. The summed E-state index contributed by atoms with van der Waals surface area (Å²) in [6, 6.07) is 20.1. The topological polar surface area (TPSA) is 0 Å². The second-order valence-corrected chi connectivity index (χ2v) is 6.33. The molecule has 0 unspecified atom stereocenters. The first-order valence-electron chi connectivity index (χ1n) is 7.23. The van der Waals surface area contributed by atoms with Crippen LogP contribution in [0, 0.1) is 6.92 Å². The molecule has 3 aromatic carbocycles. The summed E-state index contributed by atoms with van der Waals surface area (Å²) in [6.07, 6.45) is 0. The van der Waals surface area contributed by atoms with E-state index in [-0.39, 0.29) is 5.41 Å². The van der Waals surface area contributed by atoms with E-state index < -0.39 is 0 Å². The van der Waals surface area contributed by atoms with Gasteiger partial charge in [0.2, 0.25) is 0 Å². The van der Waals surface area contributed by atoms with Crippen molar-refractivity contribution >= 4 is 10.8 Å². The molecule has 0 atom stereocenters. The molecule has 0 nitrogen and oxygen atoms in total. The summed E-state index contributed by atoms with van der Waals surface area (Å²) in [7, 11) is 0. The second kappa shape index (κ2) is 3.73. The lowest BCUT2D eigenvalue weighted by Gasteiger charge is -2.35. The van der Waals surface area contributed by atoms with Crippen molar-refractivity contribution in [2.24, 2.45) is 0 Å². The zero-order valence-corrected chi connectivity index (χ0v) is 12.2. The minimum atomic E-state index is 0.0664. The largest absolute Gasteiger partial charge is 0.0619 e. The number of aryl methyl sites for hydroxylation is 1. The third-order valence-electron chi connectivity index (χ3n) is 4.80. The highest BCUT2D eigenvalue weighted by Crippen LogP contribution is 2.49. The van der Waals surface area contributed by atoms with Gasteiger partial charge >= 0.3 is 0 Å². The summed E-state index contributed by atoms with van der Waals surface area (Å²) in [5.41, 5.74) is 7.15. The van der Waals surface area contributed by atoms with Crippen LogP contribution in [-0.4, -0.2) is 0 Å². The van der Waals surface area contributed by atoms with Crippen molar-refractivity contribution in [3.8, 4) is 11.1 Å². The molecule has 3 aromatic rings. The molecule has 1 aliphatic rings. The smallest absolute Gasteiger partial charge is 0.0159 e. The molecule has 0 heteroatoms. The summed E-state index contributed by atoms with van der Waals surface area (Å²) in [4.78, 5) is 0. The van der Waals surface area contributed by atoms with Gasteiger partial charge in [-0.1, -0.05) is 68.4 Å². The van der Waals surface area contributed by atoms with Crippen molar-refractivity contribution in [1.29, 1.82) is 0 Å². The van der Waals surface area contributed by atoms with E-state index in [0.29, 0.717) is 0 Å². The van der Waals surface area contributed by atoms with Gasteiger partial charge in [-0.3, -0.25) is 0 Å². The van der Waals surface area contributed by atoms with Crippen LogP contribution in [0.1, 0.15) is 30.5 Å². The minimum absolute atomic E-state index is 0.0664. The van der Waals surface area contributed by atoms with Gasteiger partial charge in [0.1, 0.15) is 0 Å². The fourth-order valence-corrected chi connectivity index (χ4v) is 3.74. The first-order chi connectivity index (χ1) is 9.60. The minimum Gasteiger partial charge on any atom is -0.0619 e. The Kier molecular flexibility index (Phi) is 2.18. The molecule has 1 aliphatic carbocycles. The number of hydrogen-bond donors (Lipinski definition) is 0. The summed E-state index contributed by atoms with van der Waals surface area (Å²) in [5.74, 6) is 0. The Morgan fingerprint density at radius 1 is 0.750 bits per heavy atom. The van der Waals surface area contributed by atoms with Crippen LogP contribution >= 0.6 is 0 Å². The predicted molar refractivity (Wildman–Crippen MR) is 86.2 cm³/mol. The maximum Gasteiger partial charge on any atom is 0.0159 e. The maximum absolute atomic E-state index is 2.34. The Morgan fingerprint density at radius 3 is 2.35 bits per heavy atom. The molecule has 0 aromatic heterocycles. The van der Waals surface area contributed by atoms with E-state index in [1.165, 1.54) is 38.6 Å². The molecule has 0 saturated carbocycles. The van der Waals surface area contributed by atoms with Gasteiger partial charge < -0.3 is 0 Å². The van der Waals surface area contributed by atoms with Crippen molar-refractivity contribution in [2.45, 2.75) is 26.2 Å². The van der Waals surface area contributed by atoms with Crippen LogP contribution in [0.2, 0.25) is 0 Å². The van der Waals surface area contributed by atoms with Crippen LogP contribution < -0.4 is 0 Å². The highest BCUT2D eigenvalue weighted by Gasteiger charge is 2.33. The molecule has 0 heterocycles. The van der Waals surface area contributed by atoms with Crippen LogP contribution in [0.4, 0.5) is 0 Å². The molecular weight excluding hydrogens is 240 g/mol. The Hall–Kier alpha value is -2.08. The van der Waals surface area contributed by atoms with Gasteiger partial charge in [0, 0.05) is 5.41 Å². The maximum atomic E-state index is 2.34. The van der Waals surface area contributed by atoms with E-state index in [0.717, 1.165) is 0 Å². The van der Waals surface area contributed by atoms with Gasteiger partial charge in [-0.2, -0.15) is 0 Å². The molecule has 4 rings (SSSR count). The first kappa shape index (κ1) is 11.7. The van der Waals surface area contributed by atoms with Crippen LogP contribution in [-0.2, 0) is 5.41 Å². The zero-order chi connectivity index (χ0) is 13.9. The highest BCUT2D eigenvalue weighted by molar-refractivity contribution is 6.04. The summed E-state index contributed by atoms with van der Waals surface area (Å²) < 4.78 is 0. The average Bonchev–Trinajstić information content (AvgIpc) is 2.46. The van der Waals surface area contributed by atoms with Gasteiger partial charge in [-0.25, -0.2) is 0 Å². The highest BCUT2D eigenvalue weighted by atomic mass is 14.4. The first-order valence-corrected chi connectivity index (χ1v) is 7.23. The molecule has 0 fully saturated rings. The van der Waals surface area contributed by atoms with Gasteiger partial charge in [-0.15, -0.1) is 0 Å². The van der Waals surface area contributed by atoms with E-state index in [9.17, 15) is 0 Å². The third-order valence-corrected chi connectivity index (χ3v) is 4.80. The van der Waals surface area contributed by atoms with Gasteiger partial charge in [0.15, 0.2) is 0 Å². The normalized spacial score (nSPS) is 15.2. The van der Waals surface area contributed by atoms with Gasteiger partial charge in [0.25, 0.3) is 0 Å². The molecule has 0 saturated heterocycles. The lowest BCUT2D eigenvalue weighted by molar-refractivity contribution is 0.645. The van der Waals surface area contributed by atoms with Crippen molar-refractivity contribution in [3.63, 3.8) is 0 Å². The monoisotopic (exact) mass is 258 g/mol. The Bertz CT molecular complexity index is 838. The lowest BCUT2D eigenvalue weighted by Crippen LogP contribution is -2.23. The molecule has 0 bridgehead atoms. The Labute approximate surface area is 120 Å². The van der Waals surface area contributed by atoms with Crippen LogP contribution in [0.25, 0.3) is 21.9 Å². The van der Waals surface area contributed by atoms with E-state index in [4.69, 9.17) is 0 Å². The van der Waals surface area contributed by atoms with E-state index >= 15 is 0 Å². The van der Waals surface area contributed by atoms with Crippen molar-refractivity contribution in [3.05, 3.63) is 71.3 Å². The predicted octanol–water partition coefficient (Wildman–Crippen LogP) is 5.45. The van der Waals surface area contributed by atoms with Gasteiger partial charge in [-0.05, 0) is 45.5 Å². The lowest BCUT2D eigenvalue weighted by atomic mass is 9.68. The van der Waals surface area contributed by atoms with Crippen LogP contribution in [0.3, 0.4) is 0 Å². The number of rotatable bonds is 0. The standard InChI is InChI=1S/C20H18/c1-13-11-12-14-7-6-10-17-19(14)18(13)15-8-4-5-9-16(15)20(17,2)3/h4-12H,1-3H3. The van der Waals surface area contributed by atoms with E-state index in [2.05, 4.69) is 75.4 Å². The second-order valence-electron chi connectivity index (χ2n) is 6.33. The molecule has 20 heavy (non-hydrogen) atoms. The third kappa shape index (κ3) is 1.31. The van der Waals surface area contributed by atoms with E-state index in [1.807, 2.05) is 0 Å². The van der Waals surface area contributed by atoms with Crippen molar-refractivity contribution in [2.75, 3.05) is 0 Å². The summed E-state index contributed by atoms with van der Waals surface area (Å²) in [5, 5.41) is 2.79. The van der Waals surface area contributed by atoms with Crippen LogP contribution in [0.5, 0.6) is 0 Å². The fourth-order valence-electron chi connectivity index (χ4n) is 3.74. The molecule has 0 aliphatic heterocycles. The number of hydrogen-bond acceptors (Lipinski definition) is 0. The molecular formula is C20H18. The SMILES string of the molecule is Cc1ccc2cccc3c2c1-c1ccccc1C3(C)C. The van der Waals surface area contributed by atoms with E-state index in [1.54, 1.807) is 0 Å².